The van der Waals surface area contributed by atoms with E-state index in [4.69, 9.17) is 21.1 Å². The number of nitrogens with zero attached hydrogens (tertiary/aromatic N) is 2. The molecular formula is C37H47ClN2O5S. The quantitative estimate of drug-likeness (QED) is 0.316. The van der Waals surface area contributed by atoms with Gasteiger partial charge in [0, 0.05) is 47.9 Å². The van der Waals surface area contributed by atoms with Crippen LogP contribution in [0.4, 0.5) is 5.69 Å². The Balaban J connectivity index is 1.47. The van der Waals surface area contributed by atoms with Crippen molar-refractivity contribution in [2.75, 3.05) is 37.5 Å². The van der Waals surface area contributed by atoms with E-state index < -0.39 is 20.9 Å². The highest BCUT2D eigenvalue weighted by molar-refractivity contribution is 7.95. The van der Waals surface area contributed by atoms with Crippen LogP contribution in [0.25, 0.3) is 0 Å². The molecule has 0 radical (unpaired) electrons. The third-order valence-electron chi connectivity index (χ3n) is 11.1. The second kappa shape index (κ2) is 13.4. The van der Waals surface area contributed by atoms with Crippen molar-refractivity contribution in [3.63, 3.8) is 0 Å². The maximum atomic E-state index is 14.5. The number of amides is 1. The number of allylic oxidation sites excluding steroid dienone is 1. The van der Waals surface area contributed by atoms with Crippen molar-refractivity contribution < 1.29 is 23.3 Å². The molecule has 2 bridgehead atoms. The Morgan fingerprint density at radius 3 is 2.76 bits per heavy atom. The SMILES string of the molecule is CCC(=O)C[S@@]1(=O)=NC(=O)c2ccc3c(c2)N(C[C@@H]2CC[C@H]2[C@@H](OC)/C=C/C[C@H](C)[C@H]1C)C[C@@]1(CCCc2cc(Cl)ccc21)CO3. The molecule has 0 saturated heterocycles. The minimum absolute atomic E-state index is 0.0213. The topological polar surface area (TPSA) is 85.3 Å². The number of halogens is 1. The van der Waals surface area contributed by atoms with Gasteiger partial charge in [0.15, 0.2) is 0 Å². The van der Waals surface area contributed by atoms with Crippen molar-refractivity contribution in [1.82, 2.24) is 0 Å². The lowest BCUT2D eigenvalue weighted by Crippen LogP contribution is -2.49. The van der Waals surface area contributed by atoms with Crippen LogP contribution < -0.4 is 9.64 Å². The molecule has 2 heterocycles. The normalized spacial score (nSPS) is 33.5. The van der Waals surface area contributed by atoms with Crippen LogP contribution in [-0.2, 0) is 31.1 Å². The fraction of sp³-hybridized carbons (Fsp3) is 0.568. The van der Waals surface area contributed by atoms with Gasteiger partial charge >= 0.3 is 0 Å². The summed E-state index contributed by atoms with van der Waals surface area (Å²) in [6.45, 7) is 7.72. The average molecular weight is 667 g/mol. The predicted octanol–water partition coefficient (Wildman–Crippen LogP) is 7.43. The minimum atomic E-state index is -3.18. The van der Waals surface area contributed by atoms with Gasteiger partial charge < -0.3 is 14.4 Å². The molecule has 1 saturated carbocycles. The van der Waals surface area contributed by atoms with Gasteiger partial charge in [-0.25, -0.2) is 4.21 Å². The van der Waals surface area contributed by atoms with Crippen LogP contribution in [-0.4, -0.2) is 59.8 Å². The van der Waals surface area contributed by atoms with Crippen molar-refractivity contribution in [3.05, 3.63) is 70.3 Å². The molecule has 2 aromatic rings. The number of ketones is 1. The summed E-state index contributed by atoms with van der Waals surface area (Å²) >= 11 is 6.44. The minimum Gasteiger partial charge on any atom is -0.490 e. The van der Waals surface area contributed by atoms with Gasteiger partial charge in [0.1, 0.15) is 11.5 Å². The lowest BCUT2D eigenvalue weighted by molar-refractivity contribution is -0.116. The molecule has 0 unspecified atom stereocenters. The first-order valence-corrected chi connectivity index (χ1v) is 19.0. The Labute approximate surface area is 279 Å². The summed E-state index contributed by atoms with van der Waals surface area (Å²) in [4.78, 5) is 28.9. The summed E-state index contributed by atoms with van der Waals surface area (Å²) in [5.41, 5.74) is 3.57. The van der Waals surface area contributed by atoms with E-state index >= 15 is 0 Å². The third-order valence-corrected chi connectivity index (χ3v) is 14.2. The summed E-state index contributed by atoms with van der Waals surface area (Å²) < 4.78 is 31.5. The van der Waals surface area contributed by atoms with Gasteiger partial charge in [-0.05, 0) is 105 Å². The molecule has 4 aliphatic rings. The molecule has 46 heavy (non-hydrogen) atoms. The largest absolute Gasteiger partial charge is 0.490 e. The number of anilines is 1. The van der Waals surface area contributed by atoms with Gasteiger partial charge in [-0.2, -0.15) is 4.36 Å². The van der Waals surface area contributed by atoms with Crippen molar-refractivity contribution in [2.24, 2.45) is 22.1 Å². The Morgan fingerprint density at radius 2 is 2.02 bits per heavy atom. The standard InChI is InChI=1S/C37H47ClN2O5S/c1-5-30(41)21-46(43)25(3)24(2)8-6-10-34(44-4)31-14-11-28(31)20-40-22-37(17-7-9-26-18-29(38)13-15-32(26)37)23-45-35-16-12-27(19-33(35)40)36(42)39-46/h6,10,12-13,15-16,18-19,24-25,28,31,34H,5,7-9,11,14,17,20-23H2,1-4H3/b10-6+/t24-,25+,28-,31+,34-,37-,46-/m0/s1. The number of fused-ring (bicyclic) bond motifs is 4. The Hall–Kier alpha value is -2.68. The summed E-state index contributed by atoms with van der Waals surface area (Å²) in [5.74, 6) is 0.553. The van der Waals surface area contributed by atoms with Gasteiger partial charge in [-0.1, -0.05) is 43.7 Å². The molecule has 9 heteroatoms. The number of ether oxygens (including phenoxy) is 2. The van der Waals surface area contributed by atoms with E-state index in [2.05, 4.69) is 33.5 Å². The van der Waals surface area contributed by atoms with Crippen LogP contribution in [0.3, 0.4) is 0 Å². The van der Waals surface area contributed by atoms with Crippen LogP contribution in [0.5, 0.6) is 5.75 Å². The maximum absolute atomic E-state index is 14.5. The monoisotopic (exact) mass is 666 g/mol. The molecule has 1 spiro atoms. The fourth-order valence-corrected chi connectivity index (χ4v) is 10.5. The average Bonchev–Trinajstić information content (AvgIpc) is 3.18. The third kappa shape index (κ3) is 6.42. The number of hydrogen-bond acceptors (Lipinski definition) is 6. The number of methoxy groups -OCH3 is 1. The highest BCUT2D eigenvalue weighted by Crippen LogP contribution is 2.47. The molecule has 7 atom stereocenters. The number of aryl methyl sites for hydroxylation is 1. The summed E-state index contributed by atoms with van der Waals surface area (Å²) in [6.07, 6.45) is 10.4. The van der Waals surface area contributed by atoms with Crippen molar-refractivity contribution in [3.8, 4) is 5.75 Å². The highest BCUT2D eigenvalue weighted by atomic mass is 35.5. The Morgan fingerprint density at radius 1 is 1.20 bits per heavy atom. The molecule has 0 N–H and O–H groups in total. The van der Waals surface area contributed by atoms with Gasteiger partial charge in [0.05, 0.1) is 33.9 Å². The summed E-state index contributed by atoms with van der Waals surface area (Å²) in [6, 6.07) is 11.7. The molecule has 0 aromatic heterocycles. The number of rotatable bonds is 4. The first kappa shape index (κ1) is 33.2. The fourth-order valence-electron chi connectivity index (χ4n) is 7.93. The molecular weight excluding hydrogens is 620 g/mol. The molecule has 2 aromatic carbocycles. The second-order valence-corrected chi connectivity index (χ2v) is 17.0. The lowest BCUT2D eigenvalue weighted by Gasteiger charge is -2.46. The maximum Gasteiger partial charge on any atom is 0.285 e. The zero-order valence-corrected chi connectivity index (χ0v) is 29.1. The lowest BCUT2D eigenvalue weighted by atomic mass is 9.68. The zero-order valence-electron chi connectivity index (χ0n) is 27.5. The first-order chi connectivity index (χ1) is 22.1. The Kier molecular flexibility index (Phi) is 9.71. The van der Waals surface area contributed by atoms with Crippen LogP contribution in [0, 0.1) is 17.8 Å². The molecule has 248 valence electrons. The molecule has 7 nitrogen and oxygen atoms in total. The van der Waals surface area contributed by atoms with Crippen LogP contribution in [0.15, 0.2) is 52.9 Å². The summed E-state index contributed by atoms with van der Waals surface area (Å²) in [5, 5.41) is 0.296. The Bertz CT molecular complexity index is 1650. The zero-order chi connectivity index (χ0) is 32.6. The van der Waals surface area contributed by atoms with E-state index in [1.165, 1.54) is 11.1 Å². The second-order valence-electron chi connectivity index (χ2n) is 14.0. The van der Waals surface area contributed by atoms with Crippen LogP contribution >= 0.6 is 11.6 Å². The van der Waals surface area contributed by atoms with E-state index in [9.17, 15) is 13.8 Å². The summed E-state index contributed by atoms with van der Waals surface area (Å²) in [7, 11) is -1.40. The highest BCUT2D eigenvalue weighted by Gasteiger charge is 2.44. The predicted molar refractivity (Wildman–Crippen MR) is 185 cm³/mol. The van der Waals surface area contributed by atoms with Crippen LogP contribution in [0.1, 0.15) is 80.8 Å². The molecule has 6 rings (SSSR count). The van der Waals surface area contributed by atoms with Crippen molar-refractivity contribution in [1.29, 1.82) is 0 Å². The number of Topliss-reactive ketones (excluding diaryl/α,β-unsaturated/α-hetero) is 1. The molecule has 1 fully saturated rings. The van der Waals surface area contributed by atoms with Crippen molar-refractivity contribution in [2.45, 2.75) is 82.5 Å². The van der Waals surface area contributed by atoms with E-state index in [0.29, 0.717) is 30.4 Å². The molecule has 2 aliphatic heterocycles. The van der Waals surface area contributed by atoms with E-state index in [0.717, 1.165) is 61.7 Å². The number of carbonyl (C=O) groups excluding carboxylic acids is 2. The first-order valence-electron chi connectivity index (χ1n) is 16.9. The van der Waals surface area contributed by atoms with Gasteiger partial charge in [0.25, 0.3) is 5.91 Å². The number of benzene rings is 2. The van der Waals surface area contributed by atoms with E-state index in [1.54, 1.807) is 20.1 Å². The van der Waals surface area contributed by atoms with Crippen molar-refractivity contribution >= 4 is 38.7 Å². The molecule has 2 aliphatic carbocycles. The van der Waals surface area contributed by atoms with Crippen LogP contribution in [0.2, 0.25) is 5.02 Å². The van der Waals surface area contributed by atoms with Gasteiger partial charge in [0.2, 0.25) is 0 Å². The number of carbonyl (C=O) groups is 2. The van der Waals surface area contributed by atoms with Gasteiger partial charge in [-0.15, -0.1) is 0 Å². The number of hydrogen-bond donors (Lipinski definition) is 0. The van der Waals surface area contributed by atoms with E-state index in [-0.39, 0.29) is 35.4 Å². The smallest absolute Gasteiger partial charge is 0.285 e. The van der Waals surface area contributed by atoms with E-state index in [1.807, 2.05) is 32.0 Å². The molecule has 1 amide bonds. The van der Waals surface area contributed by atoms with Gasteiger partial charge in [-0.3, -0.25) is 9.59 Å².